The summed E-state index contributed by atoms with van der Waals surface area (Å²) in [6.45, 7) is 10.6. The van der Waals surface area contributed by atoms with Crippen molar-refractivity contribution >= 4 is 5.91 Å². The summed E-state index contributed by atoms with van der Waals surface area (Å²) in [5, 5.41) is 2.77. The molecule has 0 aliphatic heterocycles. The summed E-state index contributed by atoms with van der Waals surface area (Å²) in [6.07, 6.45) is 6.32. The molecular weight excluding hydrogens is 150 g/mol. The Morgan fingerprint density at radius 3 is 2.08 bits per heavy atom. The predicted octanol–water partition coefficient (Wildman–Crippen LogP) is 1.81. The molecule has 0 rings (SSSR count). The average molecular weight is 165 g/mol. The van der Waals surface area contributed by atoms with E-state index in [1.807, 2.05) is 0 Å². The second-order valence-electron chi connectivity index (χ2n) is 2.46. The van der Waals surface area contributed by atoms with E-state index in [0.29, 0.717) is 0 Å². The van der Waals surface area contributed by atoms with E-state index >= 15 is 0 Å². The molecule has 0 atom stereocenters. The molecule has 0 aliphatic carbocycles. The number of hydrogen-bond acceptors (Lipinski definition) is 1. The highest BCUT2D eigenvalue weighted by molar-refractivity contribution is 5.87. The van der Waals surface area contributed by atoms with Gasteiger partial charge in [-0.15, -0.1) is 13.2 Å². The third-order valence-electron chi connectivity index (χ3n) is 1.43. The zero-order valence-corrected chi connectivity index (χ0v) is 7.25. The molecule has 0 bridgehead atoms. The monoisotopic (exact) mass is 165 g/mol. The van der Waals surface area contributed by atoms with Gasteiger partial charge in [0, 0.05) is 6.04 Å². The largest absolute Gasteiger partial charge is 0.349 e. The van der Waals surface area contributed by atoms with Crippen LogP contribution in [0.4, 0.5) is 0 Å². The van der Waals surface area contributed by atoms with E-state index < -0.39 is 0 Å². The second kappa shape index (κ2) is 6.40. The molecule has 0 saturated carbocycles. The molecule has 0 unspecified atom stereocenters. The van der Waals surface area contributed by atoms with Gasteiger partial charge >= 0.3 is 0 Å². The number of hydrogen-bond donors (Lipinski definition) is 1. The third-order valence-corrected chi connectivity index (χ3v) is 1.43. The van der Waals surface area contributed by atoms with Crippen molar-refractivity contribution in [2.45, 2.75) is 18.9 Å². The molecular formula is C10H15NO. The fourth-order valence-corrected chi connectivity index (χ4v) is 0.877. The minimum absolute atomic E-state index is 0.102. The van der Waals surface area contributed by atoms with Crippen molar-refractivity contribution in [1.82, 2.24) is 5.32 Å². The Hall–Kier alpha value is -1.31. The van der Waals surface area contributed by atoms with Crippen molar-refractivity contribution in [3.05, 3.63) is 38.0 Å². The Morgan fingerprint density at radius 2 is 1.75 bits per heavy atom. The predicted molar refractivity (Wildman–Crippen MR) is 51.8 cm³/mol. The molecule has 2 heteroatoms. The first-order valence-electron chi connectivity index (χ1n) is 3.89. The van der Waals surface area contributed by atoms with Gasteiger partial charge in [0.05, 0.1) is 0 Å². The molecule has 2 nitrogen and oxygen atoms in total. The van der Waals surface area contributed by atoms with Gasteiger partial charge < -0.3 is 5.32 Å². The quantitative estimate of drug-likeness (QED) is 0.472. The maximum Gasteiger partial charge on any atom is 0.243 e. The highest BCUT2D eigenvalue weighted by Gasteiger charge is 2.05. The van der Waals surface area contributed by atoms with E-state index in [4.69, 9.17) is 0 Å². The summed E-state index contributed by atoms with van der Waals surface area (Å²) < 4.78 is 0. The van der Waals surface area contributed by atoms with Crippen molar-refractivity contribution in [1.29, 1.82) is 0 Å². The van der Waals surface area contributed by atoms with Gasteiger partial charge in [-0.25, -0.2) is 0 Å². The Labute approximate surface area is 73.7 Å². The van der Waals surface area contributed by atoms with Crippen molar-refractivity contribution in [3.8, 4) is 0 Å². The lowest BCUT2D eigenvalue weighted by Crippen LogP contribution is -2.32. The summed E-state index contributed by atoms with van der Waals surface area (Å²) >= 11 is 0. The van der Waals surface area contributed by atoms with Crippen LogP contribution in [-0.4, -0.2) is 11.9 Å². The van der Waals surface area contributed by atoms with Crippen molar-refractivity contribution < 1.29 is 4.79 Å². The lowest BCUT2D eigenvalue weighted by atomic mass is 10.1. The minimum atomic E-state index is -0.149. The van der Waals surface area contributed by atoms with Crippen LogP contribution in [-0.2, 0) is 4.79 Å². The number of amides is 1. The molecule has 0 aromatic heterocycles. The number of carbonyl (C=O) groups is 1. The van der Waals surface area contributed by atoms with Gasteiger partial charge in [-0.05, 0) is 18.9 Å². The van der Waals surface area contributed by atoms with Crippen LogP contribution < -0.4 is 5.32 Å². The minimum Gasteiger partial charge on any atom is -0.349 e. The van der Waals surface area contributed by atoms with E-state index in [9.17, 15) is 4.79 Å². The Morgan fingerprint density at radius 1 is 1.25 bits per heavy atom. The molecule has 0 heterocycles. The molecule has 1 amide bonds. The molecule has 0 saturated heterocycles. The first-order valence-corrected chi connectivity index (χ1v) is 3.89. The molecule has 0 aromatic rings. The van der Waals surface area contributed by atoms with E-state index in [1.54, 1.807) is 12.2 Å². The summed E-state index contributed by atoms with van der Waals surface area (Å²) in [4.78, 5) is 10.9. The smallest absolute Gasteiger partial charge is 0.243 e. The van der Waals surface area contributed by atoms with Gasteiger partial charge in [-0.3, -0.25) is 4.79 Å². The van der Waals surface area contributed by atoms with Gasteiger partial charge in [0.2, 0.25) is 5.91 Å². The molecule has 0 fully saturated rings. The Balaban J connectivity index is 3.91. The van der Waals surface area contributed by atoms with Crippen LogP contribution in [0.2, 0.25) is 0 Å². The average Bonchev–Trinajstić information content (AvgIpc) is 2.05. The van der Waals surface area contributed by atoms with E-state index in [2.05, 4.69) is 25.1 Å². The Kier molecular flexibility index (Phi) is 5.70. The van der Waals surface area contributed by atoms with Gasteiger partial charge in [-0.2, -0.15) is 0 Å². The van der Waals surface area contributed by atoms with Crippen LogP contribution in [0, 0.1) is 0 Å². The van der Waals surface area contributed by atoms with Crippen LogP contribution >= 0.6 is 0 Å². The lowest BCUT2D eigenvalue weighted by molar-refractivity contribution is -0.117. The first kappa shape index (κ1) is 10.7. The fourth-order valence-electron chi connectivity index (χ4n) is 0.877. The third kappa shape index (κ3) is 4.50. The van der Waals surface area contributed by atoms with Crippen molar-refractivity contribution in [2.24, 2.45) is 0 Å². The van der Waals surface area contributed by atoms with Gasteiger partial charge in [-0.1, -0.05) is 18.7 Å². The molecule has 0 aromatic carbocycles. The normalized spacial score (nSPS) is 9.08. The summed E-state index contributed by atoms with van der Waals surface area (Å²) in [6, 6.07) is 0.102. The molecule has 12 heavy (non-hydrogen) atoms. The highest BCUT2D eigenvalue weighted by atomic mass is 16.1. The van der Waals surface area contributed by atoms with E-state index in [-0.39, 0.29) is 11.9 Å². The highest BCUT2D eigenvalue weighted by Crippen LogP contribution is 1.99. The molecule has 1 N–H and O–H groups in total. The Bertz CT molecular complexity index is 174. The number of nitrogens with one attached hydrogen (secondary N) is 1. The summed E-state index contributed by atoms with van der Waals surface area (Å²) in [7, 11) is 0. The lowest BCUT2D eigenvalue weighted by Gasteiger charge is -2.13. The molecule has 0 aliphatic rings. The molecule has 0 spiro atoms. The zero-order valence-electron chi connectivity index (χ0n) is 7.25. The van der Waals surface area contributed by atoms with Gasteiger partial charge in [0.1, 0.15) is 0 Å². The van der Waals surface area contributed by atoms with Gasteiger partial charge in [0.15, 0.2) is 0 Å². The van der Waals surface area contributed by atoms with Crippen molar-refractivity contribution in [2.75, 3.05) is 0 Å². The summed E-state index contributed by atoms with van der Waals surface area (Å²) in [5.41, 5.74) is 0. The standard InChI is InChI=1S/C10H15NO/c1-4-7-9(8-5-2)11-10(12)6-3/h4-6,9H,1-3,7-8H2,(H,11,12). The first-order chi connectivity index (χ1) is 5.74. The van der Waals surface area contributed by atoms with Crippen LogP contribution in [0.1, 0.15) is 12.8 Å². The second-order valence-corrected chi connectivity index (χ2v) is 2.46. The SMILES string of the molecule is C=CCC(CC=C)NC(=O)C=C. The number of rotatable bonds is 6. The van der Waals surface area contributed by atoms with Crippen LogP contribution in [0.15, 0.2) is 38.0 Å². The van der Waals surface area contributed by atoms with Crippen LogP contribution in [0.25, 0.3) is 0 Å². The maximum atomic E-state index is 10.9. The van der Waals surface area contributed by atoms with Crippen LogP contribution in [0.5, 0.6) is 0 Å². The maximum absolute atomic E-state index is 10.9. The van der Waals surface area contributed by atoms with Crippen LogP contribution in [0.3, 0.4) is 0 Å². The fraction of sp³-hybridized carbons (Fsp3) is 0.300. The van der Waals surface area contributed by atoms with Gasteiger partial charge in [0.25, 0.3) is 0 Å². The van der Waals surface area contributed by atoms with Crippen molar-refractivity contribution in [3.63, 3.8) is 0 Å². The number of carbonyl (C=O) groups excluding carboxylic acids is 1. The van der Waals surface area contributed by atoms with E-state index in [0.717, 1.165) is 12.8 Å². The molecule has 66 valence electrons. The zero-order chi connectivity index (χ0) is 9.40. The topological polar surface area (TPSA) is 29.1 Å². The molecule has 0 radical (unpaired) electrons. The van der Waals surface area contributed by atoms with E-state index in [1.165, 1.54) is 6.08 Å². The summed E-state index contributed by atoms with van der Waals surface area (Å²) in [5.74, 6) is -0.149.